The fourth-order valence-electron chi connectivity index (χ4n) is 2.93. The number of halogens is 2. The van der Waals surface area contributed by atoms with E-state index < -0.39 is 0 Å². The van der Waals surface area contributed by atoms with E-state index in [1.165, 1.54) is 4.90 Å². The van der Waals surface area contributed by atoms with Crippen LogP contribution in [0.5, 0.6) is 0 Å². The molecule has 0 N–H and O–H groups in total. The van der Waals surface area contributed by atoms with Gasteiger partial charge in [-0.15, -0.1) is 0 Å². The van der Waals surface area contributed by atoms with Gasteiger partial charge in [-0.2, -0.15) is 0 Å². The lowest BCUT2D eigenvalue weighted by atomic mass is 9.81. The minimum Gasteiger partial charge on any atom is -0.274 e. The van der Waals surface area contributed by atoms with Gasteiger partial charge in [0.05, 0.1) is 17.5 Å². The van der Waals surface area contributed by atoms with Crippen LogP contribution >= 0.6 is 31.9 Å². The Morgan fingerprint density at radius 3 is 1.84 bits per heavy atom. The van der Waals surface area contributed by atoms with E-state index in [-0.39, 0.29) is 33.3 Å². The SMILES string of the molecule is O=C1[C@H]2C[C@@H](Br)[C@H](Br)C[C@@H]2C(=O)N1c1ccccc1. The largest absolute Gasteiger partial charge is 0.274 e. The number of carbonyl (C=O) groups is 2. The first-order chi connectivity index (χ1) is 9.09. The predicted molar refractivity (Wildman–Crippen MR) is 80.6 cm³/mol. The highest BCUT2D eigenvalue weighted by atomic mass is 79.9. The molecule has 0 unspecified atom stereocenters. The van der Waals surface area contributed by atoms with Gasteiger partial charge in [0, 0.05) is 9.65 Å². The highest BCUT2D eigenvalue weighted by Crippen LogP contribution is 2.44. The van der Waals surface area contributed by atoms with E-state index in [0.29, 0.717) is 18.5 Å². The van der Waals surface area contributed by atoms with Crippen molar-refractivity contribution < 1.29 is 9.59 Å². The molecule has 1 saturated heterocycles. The Hall–Kier alpha value is -0.680. The van der Waals surface area contributed by atoms with Crippen LogP contribution in [0.2, 0.25) is 0 Å². The number of nitrogens with zero attached hydrogens (tertiary/aromatic N) is 1. The van der Waals surface area contributed by atoms with Gasteiger partial charge >= 0.3 is 0 Å². The Bertz CT molecular complexity index is 491. The standard InChI is InChI=1S/C14H13Br2NO2/c15-11-6-9-10(7-12(11)16)14(19)17(13(9)18)8-4-2-1-3-5-8/h1-5,9-12H,6-7H2/t9-,10-,11+,12+/m0/s1. The summed E-state index contributed by atoms with van der Waals surface area (Å²) in [5, 5.41) is 0. The molecule has 1 saturated carbocycles. The van der Waals surface area contributed by atoms with Gasteiger partial charge in [0.1, 0.15) is 0 Å². The van der Waals surface area contributed by atoms with Crippen molar-refractivity contribution in [2.24, 2.45) is 11.8 Å². The molecule has 1 heterocycles. The second kappa shape index (κ2) is 5.02. The molecule has 1 aliphatic carbocycles. The van der Waals surface area contributed by atoms with E-state index in [0.717, 1.165) is 0 Å². The summed E-state index contributed by atoms with van der Waals surface area (Å²) < 4.78 is 0. The number of fused-ring (bicyclic) bond motifs is 1. The van der Waals surface area contributed by atoms with Gasteiger partial charge in [-0.05, 0) is 25.0 Å². The van der Waals surface area contributed by atoms with Crippen LogP contribution in [0, 0.1) is 11.8 Å². The smallest absolute Gasteiger partial charge is 0.237 e. The summed E-state index contributed by atoms with van der Waals surface area (Å²) in [7, 11) is 0. The van der Waals surface area contributed by atoms with Crippen LogP contribution in [-0.2, 0) is 9.59 Å². The molecule has 2 fully saturated rings. The van der Waals surface area contributed by atoms with Crippen LogP contribution in [-0.4, -0.2) is 21.5 Å². The van der Waals surface area contributed by atoms with Crippen molar-refractivity contribution in [3.8, 4) is 0 Å². The maximum atomic E-state index is 12.5. The van der Waals surface area contributed by atoms with Gasteiger partial charge in [-0.1, -0.05) is 50.1 Å². The number of para-hydroxylation sites is 1. The number of hydrogen-bond acceptors (Lipinski definition) is 2. The van der Waals surface area contributed by atoms with Crippen LogP contribution in [0.3, 0.4) is 0 Å². The summed E-state index contributed by atoms with van der Waals surface area (Å²) in [5.74, 6) is -0.452. The third-order valence-electron chi connectivity index (χ3n) is 3.93. The van der Waals surface area contributed by atoms with Crippen LogP contribution in [0.4, 0.5) is 5.69 Å². The van der Waals surface area contributed by atoms with Crippen LogP contribution < -0.4 is 4.90 Å². The van der Waals surface area contributed by atoms with Gasteiger partial charge in [-0.25, -0.2) is 0 Å². The fourth-order valence-corrected chi connectivity index (χ4v) is 4.16. The summed E-state index contributed by atoms with van der Waals surface area (Å²) in [6, 6.07) is 9.19. The zero-order valence-corrected chi connectivity index (χ0v) is 13.3. The van der Waals surface area contributed by atoms with Crippen molar-refractivity contribution in [1.29, 1.82) is 0 Å². The number of alkyl halides is 2. The highest BCUT2D eigenvalue weighted by Gasteiger charge is 2.52. The van der Waals surface area contributed by atoms with E-state index in [2.05, 4.69) is 31.9 Å². The average Bonchev–Trinajstić information content (AvgIpc) is 2.64. The first kappa shape index (κ1) is 13.3. The average molecular weight is 387 g/mol. The first-order valence-corrected chi connectivity index (χ1v) is 8.13. The van der Waals surface area contributed by atoms with Crippen molar-refractivity contribution in [2.45, 2.75) is 22.5 Å². The number of amides is 2. The number of carbonyl (C=O) groups excluding carboxylic acids is 2. The van der Waals surface area contributed by atoms with E-state index in [9.17, 15) is 9.59 Å². The zero-order chi connectivity index (χ0) is 13.6. The van der Waals surface area contributed by atoms with Crippen molar-refractivity contribution in [3.63, 3.8) is 0 Å². The number of benzene rings is 1. The molecule has 3 nitrogen and oxygen atoms in total. The molecule has 5 heteroatoms. The normalized spacial score (nSPS) is 34.5. The minimum absolute atomic E-state index is 0.0509. The van der Waals surface area contributed by atoms with Crippen molar-refractivity contribution in [1.82, 2.24) is 0 Å². The third-order valence-corrected chi connectivity index (χ3v) is 6.66. The lowest BCUT2D eigenvalue weighted by Crippen LogP contribution is -2.34. The van der Waals surface area contributed by atoms with Crippen LogP contribution in [0.15, 0.2) is 30.3 Å². The summed E-state index contributed by atoms with van der Waals surface area (Å²) >= 11 is 7.17. The molecule has 0 bridgehead atoms. The predicted octanol–water partition coefficient (Wildman–Crippen LogP) is 3.11. The molecule has 3 rings (SSSR count). The molecule has 2 amide bonds. The van der Waals surface area contributed by atoms with Crippen LogP contribution in [0.25, 0.3) is 0 Å². The number of rotatable bonds is 1. The second-order valence-corrected chi connectivity index (χ2v) is 7.42. The number of anilines is 1. The number of imide groups is 1. The Kier molecular flexibility index (Phi) is 3.52. The van der Waals surface area contributed by atoms with E-state index in [4.69, 9.17) is 0 Å². The lowest BCUT2D eigenvalue weighted by Gasteiger charge is -2.29. The summed E-state index contributed by atoms with van der Waals surface area (Å²) in [6.45, 7) is 0. The Balaban J connectivity index is 1.94. The fraction of sp³-hybridized carbons (Fsp3) is 0.429. The van der Waals surface area contributed by atoms with Gasteiger partial charge in [0.2, 0.25) is 11.8 Å². The molecular weight excluding hydrogens is 374 g/mol. The Morgan fingerprint density at radius 2 is 1.37 bits per heavy atom. The molecular formula is C14H13Br2NO2. The molecule has 1 aromatic carbocycles. The van der Waals surface area contributed by atoms with E-state index in [1.54, 1.807) is 0 Å². The van der Waals surface area contributed by atoms with Gasteiger partial charge in [0.25, 0.3) is 0 Å². The monoisotopic (exact) mass is 385 g/mol. The van der Waals surface area contributed by atoms with E-state index in [1.807, 2.05) is 30.3 Å². The zero-order valence-electron chi connectivity index (χ0n) is 10.1. The summed E-state index contributed by atoms with van der Waals surface area (Å²) in [6.07, 6.45) is 1.43. The summed E-state index contributed by atoms with van der Waals surface area (Å²) in [4.78, 5) is 26.8. The Morgan fingerprint density at radius 1 is 0.895 bits per heavy atom. The van der Waals surface area contributed by atoms with Crippen LogP contribution in [0.1, 0.15) is 12.8 Å². The Labute approximate surface area is 128 Å². The maximum absolute atomic E-state index is 12.5. The first-order valence-electron chi connectivity index (χ1n) is 6.30. The molecule has 4 atom stereocenters. The molecule has 0 radical (unpaired) electrons. The topological polar surface area (TPSA) is 37.4 Å². The van der Waals surface area contributed by atoms with Crippen molar-refractivity contribution >= 4 is 49.4 Å². The molecule has 1 aliphatic heterocycles. The molecule has 100 valence electrons. The number of hydrogen-bond donors (Lipinski definition) is 0. The van der Waals surface area contributed by atoms with Crippen molar-refractivity contribution in [3.05, 3.63) is 30.3 Å². The quantitative estimate of drug-likeness (QED) is 0.549. The molecule has 0 aromatic heterocycles. The molecule has 19 heavy (non-hydrogen) atoms. The second-order valence-electron chi connectivity index (χ2n) is 5.06. The molecule has 2 aliphatic rings. The van der Waals surface area contributed by atoms with Gasteiger partial charge in [-0.3, -0.25) is 14.5 Å². The third kappa shape index (κ3) is 2.17. The minimum atomic E-state index is -0.175. The van der Waals surface area contributed by atoms with Crippen molar-refractivity contribution in [2.75, 3.05) is 4.90 Å². The molecule has 1 aromatic rings. The maximum Gasteiger partial charge on any atom is 0.237 e. The summed E-state index contributed by atoms with van der Waals surface area (Å²) in [5.41, 5.74) is 0.684. The lowest BCUT2D eigenvalue weighted by molar-refractivity contribution is -0.122. The highest BCUT2D eigenvalue weighted by molar-refractivity contribution is 9.12. The van der Waals surface area contributed by atoms with Gasteiger partial charge in [0.15, 0.2) is 0 Å². The van der Waals surface area contributed by atoms with E-state index >= 15 is 0 Å². The van der Waals surface area contributed by atoms with Gasteiger partial charge < -0.3 is 0 Å². The molecule has 0 spiro atoms.